The highest BCUT2D eigenvalue weighted by molar-refractivity contribution is 7.33. The monoisotopic (exact) mass is 756 g/mol. The molecular formula is C52H45BN2OS. The molecule has 0 bridgehead atoms. The number of ether oxygens (including phenoxy) is 1. The predicted molar refractivity (Wildman–Crippen MR) is 245 cm³/mol. The molecule has 0 saturated carbocycles. The van der Waals surface area contributed by atoms with Crippen molar-refractivity contribution in [3.63, 3.8) is 0 Å². The van der Waals surface area contributed by atoms with Gasteiger partial charge in [0.1, 0.15) is 11.5 Å². The van der Waals surface area contributed by atoms with Crippen LogP contribution >= 0.6 is 11.3 Å². The fourth-order valence-corrected chi connectivity index (χ4v) is 10.8. The summed E-state index contributed by atoms with van der Waals surface area (Å²) in [6.45, 7) is 14.0. The predicted octanol–water partition coefficient (Wildman–Crippen LogP) is 12.6. The number of anilines is 6. The summed E-state index contributed by atoms with van der Waals surface area (Å²) in [5.41, 5.74) is 15.0. The highest BCUT2D eigenvalue weighted by atomic mass is 32.1. The summed E-state index contributed by atoms with van der Waals surface area (Å²) in [6, 6.07) is 52.0. The highest BCUT2D eigenvalue weighted by Gasteiger charge is 2.46. The van der Waals surface area contributed by atoms with E-state index in [2.05, 4.69) is 191 Å². The van der Waals surface area contributed by atoms with Crippen LogP contribution in [0.4, 0.5) is 34.1 Å². The molecule has 8 aromatic rings. The number of fused-ring (bicyclic) bond motifs is 8. The van der Waals surface area contributed by atoms with Crippen molar-refractivity contribution in [1.29, 1.82) is 0 Å². The van der Waals surface area contributed by atoms with Gasteiger partial charge in [-0.15, -0.1) is 11.3 Å². The van der Waals surface area contributed by atoms with E-state index in [0.29, 0.717) is 0 Å². The van der Waals surface area contributed by atoms with E-state index in [9.17, 15) is 0 Å². The fourth-order valence-electron chi connectivity index (χ4n) is 9.42. The molecule has 0 atom stereocenters. The number of hydrogen-bond acceptors (Lipinski definition) is 4. The van der Waals surface area contributed by atoms with Gasteiger partial charge in [0.25, 0.3) is 6.71 Å². The number of benzene rings is 7. The summed E-state index contributed by atoms with van der Waals surface area (Å²) in [6.07, 6.45) is 2.24. The molecule has 11 rings (SSSR count). The van der Waals surface area contributed by atoms with Gasteiger partial charge in [0.15, 0.2) is 0 Å². The van der Waals surface area contributed by atoms with Crippen molar-refractivity contribution in [2.24, 2.45) is 0 Å². The molecule has 0 spiro atoms. The van der Waals surface area contributed by atoms with Crippen LogP contribution in [0.1, 0.15) is 63.8 Å². The average molecular weight is 757 g/mol. The van der Waals surface area contributed by atoms with E-state index in [1.807, 2.05) is 11.3 Å². The van der Waals surface area contributed by atoms with Crippen LogP contribution in [0, 0.1) is 0 Å². The lowest BCUT2D eigenvalue weighted by Gasteiger charge is -2.41. The van der Waals surface area contributed by atoms with E-state index in [-0.39, 0.29) is 17.5 Å². The van der Waals surface area contributed by atoms with Crippen LogP contribution in [0.2, 0.25) is 0 Å². The first-order valence-corrected chi connectivity index (χ1v) is 21.1. The van der Waals surface area contributed by atoms with Crippen molar-refractivity contribution in [3.05, 3.63) is 162 Å². The second kappa shape index (κ2) is 12.4. The maximum Gasteiger partial charge on any atom is 0.268 e. The second-order valence-electron chi connectivity index (χ2n) is 18.1. The Hall–Kier alpha value is -5.78. The van der Waals surface area contributed by atoms with Crippen LogP contribution in [0.5, 0.6) is 11.5 Å². The summed E-state index contributed by atoms with van der Waals surface area (Å²) in [5.74, 6) is 1.92. The standard InChI is InChI=1S/C52H45BN2OS/c1-51(2,3)36-22-25-38(26-23-36)55-43-30-40(54(37-15-8-7-9-16-37)39-24-21-32-13-10-11-14-33(32)27-39)31-45-48(43)53(42-28-34-19-20-35(34)29-44(42)56-45)50-49(55)47-41(52(4,5)6)17-12-18-46(47)57-50/h7-18,21-31H,19-20H2,1-6H3. The van der Waals surface area contributed by atoms with E-state index in [1.165, 1.54) is 70.2 Å². The van der Waals surface area contributed by atoms with Gasteiger partial charge in [-0.1, -0.05) is 120 Å². The summed E-state index contributed by atoms with van der Waals surface area (Å²) in [4.78, 5) is 4.98. The van der Waals surface area contributed by atoms with Gasteiger partial charge in [-0.2, -0.15) is 0 Å². The fraction of sp³-hybridized carbons (Fsp3) is 0.192. The molecule has 3 aliphatic rings. The van der Waals surface area contributed by atoms with Crippen molar-refractivity contribution in [1.82, 2.24) is 0 Å². The Balaban J connectivity index is 1.24. The van der Waals surface area contributed by atoms with Gasteiger partial charge in [0.2, 0.25) is 0 Å². The smallest absolute Gasteiger partial charge is 0.268 e. The normalized spacial score (nSPS) is 14.1. The van der Waals surface area contributed by atoms with Gasteiger partial charge in [-0.05, 0) is 122 Å². The molecule has 278 valence electrons. The van der Waals surface area contributed by atoms with E-state index in [1.54, 1.807) is 0 Å². The zero-order chi connectivity index (χ0) is 38.8. The van der Waals surface area contributed by atoms with Gasteiger partial charge in [0.05, 0.1) is 11.4 Å². The third-order valence-corrected chi connectivity index (χ3v) is 13.6. The number of rotatable bonds is 4. The molecule has 0 radical (unpaired) electrons. The van der Waals surface area contributed by atoms with Gasteiger partial charge in [-0.3, -0.25) is 0 Å². The lowest BCUT2D eigenvalue weighted by molar-refractivity contribution is 0.485. The summed E-state index contributed by atoms with van der Waals surface area (Å²) in [7, 11) is 0. The first-order chi connectivity index (χ1) is 27.5. The van der Waals surface area contributed by atoms with E-state index >= 15 is 0 Å². The van der Waals surface area contributed by atoms with E-state index in [0.717, 1.165) is 47.1 Å². The van der Waals surface area contributed by atoms with Crippen LogP contribution in [0.3, 0.4) is 0 Å². The molecule has 1 aromatic heterocycles. The van der Waals surface area contributed by atoms with Gasteiger partial charge in [0, 0.05) is 43.7 Å². The zero-order valence-corrected chi connectivity index (χ0v) is 34.3. The lowest BCUT2D eigenvalue weighted by atomic mass is 9.36. The van der Waals surface area contributed by atoms with Gasteiger partial charge >= 0.3 is 0 Å². The van der Waals surface area contributed by atoms with Gasteiger partial charge < -0.3 is 14.5 Å². The molecule has 0 amide bonds. The molecular weight excluding hydrogens is 711 g/mol. The molecule has 3 nitrogen and oxygen atoms in total. The largest absolute Gasteiger partial charge is 0.458 e. The molecule has 0 unspecified atom stereocenters. The second-order valence-corrected chi connectivity index (χ2v) is 19.2. The summed E-state index contributed by atoms with van der Waals surface area (Å²) in [5, 5.41) is 3.79. The molecule has 7 aromatic carbocycles. The Morgan fingerprint density at radius 2 is 1.35 bits per heavy atom. The third-order valence-electron chi connectivity index (χ3n) is 12.4. The molecule has 0 N–H and O–H groups in total. The van der Waals surface area contributed by atoms with Crippen LogP contribution < -0.4 is 30.2 Å². The Labute approximate surface area is 340 Å². The Bertz CT molecular complexity index is 2920. The first kappa shape index (κ1) is 34.5. The first-order valence-electron chi connectivity index (χ1n) is 20.3. The minimum atomic E-state index is -0.0555. The number of aryl methyl sites for hydroxylation is 2. The number of thiophene rings is 1. The Morgan fingerprint density at radius 3 is 2.09 bits per heavy atom. The minimum Gasteiger partial charge on any atom is -0.458 e. The number of nitrogens with zero attached hydrogens (tertiary/aromatic N) is 2. The number of para-hydroxylation sites is 1. The lowest BCUT2D eigenvalue weighted by Crippen LogP contribution is -2.58. The average Bonchev–Trinajstić information content (AvgIpc) is 3.58. The third kappa shape index (κ3) is 5.39. The molecule has 2 aliphatic heterocycles. The van der Waals surface area contributed by atoms with Crippen molar-refractivity contribution >= 4 is 88.7 Å². The molecule has 0 saturated heterocycles. The summed E-state index contributed by atoms with van der Waals surface area (Å²) < 4.78 is 9.91. The topological polar surface area (TPSA) is 15.7 Å². The molecule has 3 heterocycles. The van der Waals surface area contributed by atoms with Crippen LogP contribution in [0.25, 0.3) is 20.9 Å². The van der Waals surface area contributed by atoms with Crippen LogP contribution in [-0.4, -0.2) is 6.71 Å². The van der Waals surface area contributed by atoms with Crippen molar-refractivity contribution < 1.29 is 4.74 Å². The molecule has 5 heteroatoms. The maximum absolute atomic E-state index is 7.19. The summed E-state index contributed by atoms with van der Waals surface area (Å²) >= 11 is 1.96. The molecule has 1 aliphatic carbocycles. The van der Waals surface area contributed by atoms with Crippen molar-refractivity contribution in [2.75, 3.05) is 9.80 Å². The van der Waals surface area contributed by atoms with Crippen LogP contribution in [-0.2, 0) is 23.7 Å². The minimum absolute atomic E-state index is 0.0411. The van der Waals surface area contributed by atoms with Crippen LogP contribution in [0.15, 0.2) is 140 Å². The maximum atomic E-state index is 7.19. The van der Waals surface area contributed by atoms with Crippen molar-refractivity contribution in [3.8, 4) is 11.5 Å². The quantitative estimate of drug-likeness (QED) is 0.166. The van der Waals surface area contributed by atoms with E-state index < -0.39 is 0 Å². The van der Waals surface area contributed by atoms with Gasteiger partial charge in [-0.25, -0.2) is 0 Å². The van der Waals surface area contributed by atoms with Crippen molar-refractivity contribution in [2.45, 2.75) is 65.2 Å². The zero-order valence-electron chi connectivity index (χ0n) is 33.5. The molecule has 57 heavy (non-hydrogen) atoms. The molecule has 0 fully saturated rings. The SMILES string of the molecule is CC(C)(C)c1ccc(N2c3cc(N(c4ccccc4)c4ccc5ccccc5c4)cc4c3B(c3cc5c(cc3O4)CC5)c3sc4cccc(C(C)(C)C)c4c32)cc1. The number of hydrogen-bond donors (Lipinski definition) is 0. The highest BCUT2D eigenvalue weighted by Crippen LogP contribution is 2.51. The Kier molecular flexibility index (Phi) is 7.48. The Morgan fingerprint density at radius 1 is 0.614 bits per heavy atom. The van der Waals surface area contributed by atoms with E-state index in [4.69, 9.17) is 4.74 Å².